The lowest BCUT2D eigenvalue weighted by molar-refractivity contribution is -0.307. The van der Waals surface area contributed by atoms with Crippen molar-refractivity contribution in [3.05, 3.63) is 65.0 Å². The van der Waals surface area contributed by atoms with Crippen LogP contribution in [-0.2, 0) is 42.9 Å². The van der Waals surface area contributed by atoms with Crippen LogP contribution in [0, 0.1) is 0 Å². The zero-order valence-electron chi connectivity index (χ0n) is 22.7. The number of para-hydroxylation sites is 1. The number of rotatable bonds is 8. The van der Waals surface area contributed by atoms with E-state index in [0.29, 0.717) is 11.1 Å². The van der Waals surface area contributed by atoms with E-state index in [1.807, 2.05) is 0 Å². The summed E-state index contributed by atoms with van der Waals surface area (Å²) in [7, 11) is 0. The Morgan fingerprint density at radius 2 is 1.37 bits per heavy atom. The van der Waals surface area contributed by atoms with Gasteiger partial charge >= 0.3 is 23.9 Å². The topological polar surface area (TPSA) is 159 Å². The van der Waals surface area contributed by atoms with Gasteiger partial charge in [-0.2, -0.15) is 0 Å². The van der Waals surface area contributed by atoms with Crippen molar-refractivity contribution in [1.29, 1.82) is 0 Å². The quantitative estimate of drug-likeness (QED) is 0.286. The summed E-state index contributed by atoms with van der Waals surface area (Å²) in [5.74, 6) is -2.95. The van der Waals surface area contributed by atoms with E-state index in [1.54, 1.807) is 54.6 Å². The monoisotopic (exact) mass is 568 g/mol. The van der Waals surface area contributed by atoms with E-state index in [4.69, 9.17) is 28.5 Å². The predicted octanol–water partition coefficient (Wildman–Crippen LogP) is 1.58. The molecule has 0 aliphatic carbocycles. The van der Waals surface area contributed by atoms with Crippen LogP contribution in [-0.4, -0.2) is 70.9 Å². The normalized spacial score (nSPS) is 21.9. The Balaban J connectivity index is 1.86. The molecule has 0 saturated carbocycles. The van der Waals surface area contributed by atoms with Crippen molar-refractivity contribution in [2.45, 2.75) is 58.4 Å². The maximum atomic E-state index is 13.7. The third-order valence-corrected chi connectivity index (χ3v) is 5.93. The van der Waals surface area contributed by atoms with Gasteiger partial charge in [-0.25, -0.2) is 4.98 Å². The molecule has 0 bridgehead atoms. The summed E-state index contributed by atoms with van der Waals surface area (Å²) in [6.07, 6.45) is -7.26. The molecule has 3 aromatic rings. The first-order valence-corrected chi connectivity index (χ1v) is 12.6. The summed E-state index contributed by atoms with van der Waals surface area (Å²) in [6, 6.07) is 15.3. The lowest BCUT2D eigenvalue weighted by atomic mass is 9.98. The summed E-state index contributed by atoms with van der Waals surface area (Å²) >= 11 is 0. The first-order valence-electron chi connectivity index (χ1n) is 12.6. The molecule has 2 aromatic carbocycles. The molecule has 0 unspecified atom stereocenters. The van der Waals surface area contributed by atoms with Gasteiger partial charge in [0.25, 0.3) is 11.8 Å². The largest absolute Gasteiger partial charge is 0.463 e. The highest BCUT2D eigenvalue weighted by Gasteiger charge is 2.54. The van der Waals surface area contributed by atoms with Crippen molar-refractivity contribution in [3.63, 3.8) is 0 Å². The van der Waals surface area contributed by atoms with Gasteiger partial charge in [0.05, 0.1) is 10.9 Å². The number of fused-ring (bicyclic) bond motifs is 1. The predicted molar refractivity (Wildman–Crippen MR) is 140 cm³/mol. The highest BCUT2D eigenvalue weighted by molar-refractivity contribution is 5.79. The number of esters is 4. The van der Waals surface area contributed by atoms with Gasteiger partial charge in [-0.1, -0.05) is 42.5 Å². The van der Waals surface area contributed by atoms with Crippen molar-refractivity contribution < 1.29 is 47.7 Å². The highest BCUT2D eigenvalue weighted by atomic mass is 16.8. The summed E-state index contributed by atoms with van der Waals surface area (Å²) in [5, 5.41) is 0.220. The molecule has 2 heterocycles. The summed E-state index contributed by atoms with van der Waals surface area (Å²) < 4.78 is 28.3. The summed E-state index contributed by atoms with van der Waals surface area (Å²) in [4.78, 5) is 72.2. The van der Waals surface area contributed by atoms with Crippen molar-refractivity contribution >= 4 is 34.8 Å². The molecule has 0 radical (unpaired) electrons. The average molecular weight is 569 g/mol. The molecule has 1 aliphatic rings. The molecular formula is C28H28N2O11. The van der Waals surface area contributed by atoms with Gasteiger partial charge in [0, 0.05) is 33.3 Å². The molecule has 41 heavy (non-hydrogen) atoms. The standard InChI is InChI=1S/C28H28N2O11/c1-15(31)36-14-22-23(37-16(2)32)24(38-17(3)33)25(39-18(4)34)28(40-22)41-30-26(19-10-6-5-7-11-19)29-21-13-9-8-12-20(21)27(30)35/h5-13,22-25,28H,14H2,1-4H3/t22-,23-,24+,25-,28-/m0/s1. The number of hydrogen-bond acceptors (Lipinski definition) is 12. The Hall–Kier alpha value is -4.78. The molecule has 0 N–H and O–H groups in total. The van der Waals surface area contributed by atoms with Crippen molar-refractivity contribution in [2.75, 3.05) is 6.61 Å². The Morgan fingerprint density at radius 3 is 2.00 bits per heavy atom. The van der Waals surface area contributed by atoms with E-state index < -0.39 is 66.7 Å². The number of ether oxygens (including phenoxy) is 5. The molecule has 1 saturated heterocycles. The zero-order chi connectivity index (χ0) is 29.7. The first kappa shape index (κ1) is 29.2. The second kappa shape index (κ2) is 12.6. The molecule has 5 atom stereocenters. The number of benzene rings is 2. The fraction of sp³-hybridized carbons (Fsp3) is 0.357. The van der Waals surface area contributed by atoms with Crippen LogP contribution in [0.4, 0.5) is 0 Å². The van der Waals surface area contributed by atoms with E-state index in [0.717, 1.165) is 32.4 Å². The number of carbonyl (C=O) groups is 4. The maximum absolute atomic E-state index is 13.7. The second-order valence-electron chi connectivity index (χ2n) is 9.09. The minimum atomic E-state index is -1.63. The van der Waals surface area contributed by atoms with Crippen LogP contribution in [0.15, 0.2) is 59.4 Å². The summed E-state index contributed by atoms with van der Waals surface area (Å²) in [6.45, 7) is 4.03. The maximum Gasteiger partial charge on any atom is 0.303 e. The van der Waals surface area contributed by atoms with Crippen LogP contribution < -0.4 is 10.4 Å². The molecule has 4 rings (SSSR count). The zero-order valence-corrected chi connectivity index (χ0v) is 22.7. The van der Waals surface area contributed by atoms with Crippen LogP contribution in [0.5, 0.6) is 0 Å². The number of hydrogen-bond donors (Lipinski definition) is 0. The molecule has 13 nitrogen and oxygen atoms in total. The smallest absolute Gasteiger partial charge is 0.303 e. The highest BCUT2D eigenvalue weighted by Crippen LogP contribution is 2.30. The lowest BCUT2D eigenvalue weighted by Crippen LogP contribution is -2.64. The van der Waals surface area contributed by atoms with Gasteiger partial charge in [0.2, 0.25) is 6.10 Å². The lowest BCUT2D eigenvalue weighted by Gasteiger charge is -2.43. The SMILES string of the molecule is CC(=O)OC[C@@H]1O[C@@H](On2c(-c3ccccc3)nc3ccccc3c2=O)[C@@H](OC(C)=O)[C@H](OC(C)=O)[C@H]1OC(C)=O. The fourth-order valence-corrected chi connectivity index (χ4v) is 4.36. The Labute approximate surface area is 233 Å². The van der Waals surface area contributed by atoms with E-state index in [2.05, 4.69) is 4.98 Å². The third-order valence-electron chi connectivity index (χ3n) is 5.93. The van der Waals surface area contributed by atoms with E-state index in [1.165, 1.54) is 0 Å². The van der Waals surface area contributed by atoms with E-state index >= 15 is 0 Å². The van der Waals surface area contributed by atoms with Crippen LogP contribution in [0.2, 0.25) is 0 Å². The molecule has 216 valence electrons. The van der Waals surface area contributed by atoms with Crippen molar-refractivity contribution in [3.8, 4) is 11.4 Å². The third kappa shape index (κ3) is 6.87. The van der Waals surface area contributed by atoms with Crippen LogP contribution in [0.1, 0.15) is 27.7 Å². The van der Waals surface area contributed by atoms with Crippen LogP contribution in [0.25, 0.3) is 22.3 Å². The number of carbonyl (C=O) groups excluding carboxylic acids is 4. The molecule has 1 aliphatic heterocycles. The molecule has 1 aromatic heterocycles. The average Bonchev–Trinajstić information content (AvgIpc) is 2.92. The van der Waals surface area contributed by atoms with E-state index in [-0.39, 0.29) is 11.2 Å². The van der Waals surface area contributed by atoms with Gasteiger partial charge in [0.15, 0.2) is 18.0 Å². The number of nitrogens with zero attached hydrogens (tertiary/aromatic N) is 2. The Bertz CT molecular complexity index is 1500. The number of aromatic nitrogens is 2. The van der Waals surface area contributed by atoms with Crippen molar-refractivity contribution in [2.24, 2.45) is 0 Å². The minimum Gasteiger partial charge on any atom is -0.463 e. The Kier molecular flexibility index (Phi) is 8.97. The molecule has 1 fully saturated rings. The van der Waals surface area contributed by atoms with Gasteiger partial charge in [0.1, 0.15) is 12.7 Å². The second-order valence-corrected chi connectivity index (χ2v) is 9.09. The summed E-state index contributed by atoms with van der Waals surface area (Å²) in [5.41, 5.74) is 0.307. The van der Waals surface area contributed by atoms with Crippen LogP contribution in [0.3, 0.4) is 0 Å². The Morgan fingerprint density at radius 1 is 0.780 bits per heavy atom. The fourth-order valence-electron chi connectivity index (χ4n) is 4.36. The molecular weight excluding hydrogens is 540 g/mol. The first-order chi connectivity index (χ1) is 19.5. The van der Waals surface area contributed by atoms with Crippen molar-refractivity contribution in [1.82, 2.24) is 9.71 Å². The molecule has 0 spiro atoms. The van der Waals surface area contributed by atoms with Gasteiger partial charge in [-0.3, -0.25) is 24.0 Å². The molecule has 0 amide bonds. The molecule has 13 heteroatoms. The minimum absolute atomic E-state index is 0.0992. The van der Waals surface area contributed by atoms with Gasteiger partial charge in [-0.15, -0.1) is 4.73 Å². The van der Waals surface area contributed by atoms with E-state index in [9.17, 15) is 24.0 Å². The van der Waals surface area contributed by atoms with Crippen LogP contribution >= 0.6 is 0 Å². The van der Waals surface area contributed by atoms with Gasteiger partial charge < -0.3 is 28.5 Å². The van der Waals surface area contributed by atoms with Gasteiger partial charge in [-0.05, 0) is 12.1 Å².